The Morgan fingerprint density at radius 3 is 1.06 bits per heavy atom. The number of rotatable bonds is 32. The molecule has 0 unspecified atom stereocenters. The van der Waals surface area contributed by atoms with Gasteiger partial charge in [0.25, 0.3) is 0 Å². The molecule has 7 fully saturated rings. The Balaban J connectivity index is 0.000000178. The van der Waals surface area contributed by atoms with Gasteiger partial charge in [-0.1, -0.05) is 46.3 Å². The summed E-state index contributed by atoms with van der Waals surface area (Å²) in [6.07, 6.45) is 9.63. The summed E-state index contributed by atoms with van der Waals surface area (Å²) in [4.78, 5) is 13.7. The van der Waals surface area contributed by atoms with Crippen LogP contribution in [-0.4, -0.2) is 272 Å². The number of benzene rings is 4. The summed E-state index contributed by atoms with van der Waals surface area (Å²) in [6, 6.07) is 24.3. The Morgan fingerprint density at radius 2 is 0.708 bits per heavy atom. The maximum Gasteiger partial charge on any atom is 0.495 e. The zero-order valence-electron chi connectivity index (χ0n) is 58.4. The van der Waals surface area contributed by atoms with Crippen LogP contribution in [0.3, 0.4) is 0 Å². The van der Waals surface area contributed by atoms with E-state index in [2.05, 4.69) is 111 Å². The van der Waals surface area contributed by atoms with Gasteiger partial charge in [0.15, 0.2) is 23.0 Å². The third-order valence-corrected chi connectivity index (χ3v) is 20.5. The number of ether oxygens (including phenoxy) is 6. The summed E-state index contributed by atoms with van der Waals surface area (Å²) < 4.78 is 50.0. The molecule has 7 aliphatic heterocycles. The van der Waals surface area contributed by atoms with E-state index in [1.807, 2.05) is 48.5 Å². The van der Waals surface area contributed by atoms with E-state index in [1.165, 1.54) is 0 Å². The van der Waals surface area contributed by atoms with Gasteiger partial charge in [0, 0.05) is 122 Å². The molecule has 6 N–H and O–H groups in total. The zero-order valence-corrected chi connectivity index (χ0v) is 60.0. The van der Waals surface area contributed by atoms with Crippen LogP contribution in [-0.2, 0) is 9.31 Å². The van der Waals surface area contributed by atoms with Crippen LogP contribution < -0.4 is 33.9 Å². The molecule has 0 amide bonds. The van der Waals surface area contributed by atoms with Crippen molar-refractivity contribution in [2.75, 3.05) is 157 Å². The number of β-amino-alcohol motifs (C(OH)–C–C–N with tert-alkyl or cyclic N) is 6. The molecule has 0 saturated carbocycles. The van der Waals surface area contributed by atoms with Gasteiger partial charge in [0.1, 0.15) is 11.5 Å². The minimum Gasteiger partial charge on any atom is -0.493 e. The molecule has 96 heavy (non-hydrogen) atoms. The number of hydrogen-bond acceptors (Lipinski definition) is 20. The van der Waals surface area contributed by atoms with Crippen LogP contribution in [0, 0.1) is 13.8 Å². The van der Waals surface area contributed by atoms with Gasteiger partial charge in [0.2, 0.25) is 0 Å². The number of aliphatic hydroxyl groups excluding tert-OH is 6. The van der Waals surface area contributed by atoms with Crippen molar-refractivity contribution in [3.05, 3.63) is 88.4 Å². The molecule has 7 heterocycles. The van der Waals surface area contributed by atoms with Crippen molar-refractivity contribution < 1.29 is 68.4 Å². The van der Waals surface area contributed by atoms with Crippen LogP contribution in [0.5, 0.6) is 34.5 Å². The van der Waals surface area contributed by atoms with Crippen LogP contribution in [0.1, 0.15) is 116 Å². The molecule has 7 saturated heterocycles. The predicted molar refractivity (Wildman–Crippen MR) is 381 cm³/mol. The van der Waals surface area contributed by atoms with Crippen LogP contribution in [0.4, 0.5) is 0 Å². The molecule has 534 valence electrons. The molecule has 0 spiro atoms. The standard InChI is InChI=1S/C34H51N3O6.C20H32BNO4.C20H31BrN2O4/c1-26-31(6-2-7-32(26)41-19-3-13-35-16-10-28(38)23-35)27-8-9-33(42-20-4-14-36-17-11-29(39)24-36)34(22-27)43-21-5-15-37-18-12-30(40)25-37;1-15-17(21-25-19(2,3)20(4,5)26-21)8-6-9-18(15)24-13-7-11-22-12-10-16(23)14-22;21-16-3-4-19(26-11-1-7-22-9-5-17(24)14-22)20(13-16)27-12-2-8-23-10-6-18(25)15-23/h2,6-9,22,28-30,38-40H,3-5,10-21,23-25H2,1H3;6,8-9,16,23H,7,10-14H2,1-5H3;3-4,13,17-18,24-25H,1-2,5-12,14-15H2/t28-,29+,30+;16-;17-,18-/m111/s1. The topological polar surface area (TPSA) is 215 Å². The third-order valence-electron chi connectivity index (χ3n) is 20.0. The molecule has 0 aromatic heterocycles. The van der Waals surface area contributed by atoms with Crippen molar-refractivity contribution in [1.29, 1.82) is 0 Å². The first-order valence-electron chi connectivity index (χ1n) is 35.9. The molecule has 6 atom stereocenters. The molecule has 11 rings (SSSR count). The summed E-state index contributed by atoms with van der Waals surface area (Å²) in [5, 5.41) is 58.1. The van der Waals surface area contributed by atoms with Crippen LogP contribution in [0.25, 0.3) is 11.1 Å². The number of hydrogen-bond donors (Lipinski definition) is 6. The summed E-state index contributed by atoms with van der Waals surface area (Å²) in [5.74, 6) is 4.81. The van der Waals surface area contributed by atoms with Gasteiger partial charge >= 0.3 is 7.12 Å². The van der Waals surface area contributed by atoms with E-state index in [1.54, 1.807) is 0 Å². The fourth-order valence-corrected chi connectivity index (χ4v) is 14.0. The predicted octanol–water partition coefficient (Wildman–Crippen LogP) is 7.42. The second-order valence-electron chi connectivity index (χ2n) is 28.4. The first-order valence-corrected chi connectivity index (χ1v) is 36.7. The zero-order chi connectivity index (χ0) is 68.0. The van der Waals surface area contributed by atoms with Gasteiger partial charge in [-0.2, -0.15) is 0 Å². The number of likely N-dealkylation sites (tertiary alicyclic amines) is 6. The van der Waals surface area contributed by atoms with Gasteiger partial charge in [-0.25, -0.2) is 0 Å². The van der Waals surface area contributed by atoms with E-state index in [0.29, 0.717) is 39.6 Å². The first kappa shape index (κ1) is 75.9. The number of aliphatic hydroxyl groups is 6. The fraction of sp³-hybridized carbons (Fsp3) is 0.676. The fourth-order valence-electron chi connectivity index (χ4n) is 13.6. The monoisotopic (exact) mass is 1400 g/mol. The average Bonchev–Trinajstić information content (AvgIpc) is 1.58. The van der Waals surface area contributed by atoms with E-state index in [4.69, 9.17) is 37.7 Å². The molecule has 22 heteroatoms. The lowest BCUT2D eigenvalue weighted by molar-refractivity contribution is 0.00578. The Labute approximate surface area is 581 Å². The summed E-state index contributed by atoms with van der Waals surface area (Å²) in [6.45, 7) is 32.2. The Morgan fingerprint density at radius 1 is 0.396 bits per heavy atom. The van der Waals surface area contributed by atoms with E-state index >= 15 is 0 Å². The largest absolute Gasteiger partial charge is 0.495 e. The van der Waals surface area contributed by atoms with Crippen LogP contribution in [0.2, 0.25) is 0 Å². The number of nitrogens with zero attached hydrogens (tertiary/aromatic N) is 6. The number of halogens is 1. The van der Waals surface area contributed by atoms with E-state index in [-0.39, 0.29) is 54.9 Å². The van der Waals surface area contributed by atoms with Crippen molar-refractivity contribution in [3.8, 4) is 45.6 Å². The minimum absolute atomic E-state index is 0.158. The van der Waals surface area contributed by atoms with Gasteiger partial charge in [-0.15, -0.1) is 0 Å². The van der Waals surface area contributed by atoms with Gasteiger partial charge in [-0.05, 0) is 189 Å². The normalized spacial score (nSPS) is 23.9. The lowest BCUT2D eigenvalue weighted by Gasteiger charge is -2.32. The SMILES string of the molecule is Cc1c(OCCCN2CC[C@@H](O)C2)cccc1-c1ccc(OCCCN2CC[C@H](O)C2)c(OCCCN2CC[C@H](O)C2)c1.Cc1c(OCCCN2CC[C@@H](O)C2)cccc1B1OC(C)(C)C(C)(C)O1.O[C@@H]1CCN(CCCOc2ccc(Br)cc2OCCCN2CC[C@@H](O)C2)C1. The highest BCUT2D eigenvalue weighted by Crippen LogP contribution is 2.39. The highest BCUT2D eigenvalue weighted by molar-refractivity contribution is 9.10. The van der Waals surface area contributed by atoms with Crippen molar-refractivity contribution in [2.45, 2.75) is 166 Å². The van der Waals surface area contributed by atoms with Crippen molar-refractivity contribution in [1.82, 2.24) is 29.4 Å². The van der Waals surface area contributed by atoms with Crippen LogP contribution >= 0.6 is 15.9 Å². The van der Waals surface area contributed by atoms with Crippen LogP contribution in [0.15, 0.2) is 77.3 Å². The Bertz CT molecular complexity index is 2960. The van der Waals surface area contributed by atoms with E-state index in [9.17, 15) is 30.6 Å². The maximum atomic E-state index is 9.83. The van der Waals surface area contributed by atoms with Gasteiger partial charge in [-0.3, -0.25) is 0 Å². The molecule has 0 bridgehead atoms. The highest BCUT2D eigenvalue weighted by Gasteiger charge is 2.52. The molecule has 7 aliphatic rings. The Hall–Kier alpha value is -4.34. The smallest absolute Gasteiger partial charge is 0.493 e. The average molecular weight is 1400 g/mol. The van der Waals surface area contributed by atoms with E-state index < -0.39 is 0 Å². The highest BCUT2D eigenvalue weighted by atomic mass is 79.9. The molecule has 20 nitrogen and oxygen atoms in total. The molecule has 0 aliphatic carbocycles. The molecule has 4 aromatic carbocycles. The van der Waals surface area contributed by atoms with Gasteiger partial charge in [0.05, 0.1) is 87.5 Å². The summed E-state index contributed by atoms with van der Waals surface area (Å²) in [7, 11) is -0.366. The quantitative estimate of drug-likeness (QED) is 0.0207. The lowest BCUT2D eigenvalue weighted by atomic mass is 9.76. The third kappa shape index (κ3) is 23.6. The van der Waals surface area contributed by atoms with Crippen molar-refractivity contribution >= 4 is 28.5 Å². The summed E-state index contributed by atoms with van der Waals surface area (Å²) in [5.41, 5.74) is 4.67. The van der Waals surface area contributed by atoms with Gasteiger partial charge < -0.3 is 97.8 Å². The second kappa shape index (κ2) is 37.9. The maximum absolute atomic E-state index is 9.83. The first-order chi connectivity index (χ1) is 46.2. The van der Waals surface area contributed by atoms with Crippen molar-refractivity contribution in [2.24, 2.45) is 0 Å². The van der Waals surface area contributed by atoms with E-state index in [0.717, 1.165) is 262 Å². The van der Waals surface area contributed by atoms with Crippen molar-refractivity contribution in [3.63, 3.8) is 0 Å². The molecular formula is C74H114BBrN6O14. The molecular weight excluding hydrogens is 1290 g/mol. The Kier molecular flexibility index (Phi) is 30.0. The minimum atomic E-state index is -0.366. The molecule has 4 aromatic rings. The second-order valence-corrected chi connectivity index (χ2v) is 29.3. The summed E-state index contributed by atoms with van der Waals surface area (Å²) >= 11 is 3.50. The molecule has 0 radical (unpaired) electrons. The lowest BCUT2D eigenvalue weighted by Crippen LogP contribution is -2.41.